The van der Waals surface area contributed by atoms with E-state index >= 15 is 0 Å². The number of aromatic nitrogens is 2. The van der Waals surface area contributed by atoms with Gasteiger partial charge in [-0.1, -0.05) is 23.5 Å². The molecule has 1 aliphatic heterocycles. The summed E-state index contributed by atoms with van der Waals surface area (Å²) in [5.74, 6) is 0.535. The zero-order valence-electron chi connectivity index (χ0n) is 17.8. The molecule has 0 spiro atoms. The lowest BCUT2D eigenvalue weighted by molar-refractivity contribution is 0.0564. The predicted molar refractivity (Wildman–Crippen MR) is 124 cm³/mol. The summed E-state index contributed by atoms with van der Waals surface area (Å²) in [6.45, 7) is 4.23. The van der Waals surface area contributed by atoms with Gasteiger partial charge in [0.1, 0.15) is 0 Å². The van der Waals surface area contributed by atoms with Crippen LogP contribution in [-0.2, 0) is 4.74 Å². The number of carbonyl (C=O) groups excluding carboxylic acids is 1. The zero-order valence-corrected chi connectivity index (χ0v) is 18.6. The van der Waals surface area contributed by atoms with Crippen molar-refractivity contribution >= 4 is 22.5 Å². The van der Waals surface area contributed by atoms with Crippen molar-refractivity contribution in [2.75, 3.05) is 31.6 Å². The third-order valence-electron chi connectivity index (χ3n) is 5.64. The van der Waals surface area contributed by atoms with E-state index in [-0.39, 0.29) is 6.03 Å². The Morgan fingerprint density at radius 2 is 2.00 bits per heavy atom. The van der Waals surface area contributed by atoms with E-state index in [0.29, 0.717) is 42.9 Å². The van der Waals surface area contributed by atoms with E-state index in [0.717, 1.165) is 33.1 Å². The number of benzene rings is 1. The number of morpholine rings is 1. The zero-order chi connectivity index (χ0) is 22.1. The van der Waals surface area contributed by atoms with Gasteiger partial charge in [0.25, 0.3) is 0 Å². The maximum atomic E-state index is 12.7. The number of carbonyl (C=O) groups is 1. The lowest BCUT2D eigenvalue weighted by Crippen LogP contribution is -2.43. The first-order chi connectivity index (χ1) is 15.6. The first kappa shape index (κ1) is 20.6. The molecular formula is C24H23N5O2S. The second-order valence-corrected chi connectivity index (χ2v) is 9.11. The van der Waals surface area contributed by atoms with Gasteiger partial charge in [-0.3, -0.25) is 10.3 Å². The van der Waals surface area contributed by atoms with Crippen molar-refractivity contribution in [2.24, 2.45) is 0 Å². The highest BCUT2D eigenvalue weighted by molar-refractivity contribution is 7.19. The van der Waals surface area contributed by atoms with E-state index in [2.05, 4.69) is 23.5 Å². The molecule has 7 nitrogen and oxygen atoms in total. The normalized spacial score (nSPS) is 15.9. The highest BCUT2D eigenvalue weighted by atomic mass is 32.1. The first-order valence-corrected chi connectivity index (χ1v) is 11.6. The number of thiazole rings is 1. The summed E-state index contributed by atoms with van der Waals surface area (Å²) < 4.78 is 5.34. The molecule has 0 bridgehead atoms. The predicted octanol–water partition coefficient (Wildman–Crippen LogP) is 4.79. The van der Waals surface area contributed by atoms with Gasteiger partial charge < -0.3 is 9.64 Å². The number of urea groups is 1. The van der Waals surface area contributed by atoms with Crippen LogP contribution in [0.4, 0.5) is 9.93 Å². The van der Waals surface area contributed by atoms with Gasteiger partial charge in [0.15, 0.2) is 5.13 Å². The van der Waals surface area contributed by atoms with Gasteiger partial charge in [0, 0.05) is 36.0 Å². The summed E-state index contributed by atoms with van der Waals surface area (Å²) in [7, 11) is 0. The second kappa shape index (κ2) is 8.69. The topological polar surface area (TPSA) is 91.1 Å². The summed E-state index contributed by atoms with van der Waals surface area (Å²) in [6.07, 6.45) is 2.35. The van der Waals surface area contributed by atoms with Gasteiger partial charge in [-0.15, -0.1) is 0 Å². The van der Waals surface area contributed by atoms with E-state index in [4.69, 9.17) is 14.7 Å². The maximum absolute atomic E-state index is 12.7. The molecule has 1 N–H and O–H groups in total. The molecule has 2 amide bonds. The number of hydrogen-bond acceptors (Lipinski definition) is 6. The van der Waals surface area contributed by atoms with Crippen LogP contribution >= 0.6 is 11.3 Å². The van der Waals surface area contributed by atoms with Crippen molar-refractivity contribution in [2.45, 2.75) is 25.7 Å². The Bertz CT molecular complexity index is 1210. The largest absolute Gasteiger partial charge is 0.378 e. The van der Waals surface area contributed by atoms with Gasteiger partial charge >= 0.3 is 6.03 Å². The van der Waals surface area contributed by atoms with Crippen molar-refractivity contribution in [1.29, 1.82) is 5.26 Å². The van der Waals surface area contributed by atoms with Crippen molar-refractivity contribution < 1.29 is 9.53 Å². The number of ether oxygens (including phenoxy) is 1. The lowest BCUT2D eigenvalue weighted by Gasteiger charge is -2.26. The van der Waals surface area contributed by atoms with E-state index < -0.39 is 0 Å². The molecule has 2 aromatic heterocycles. The van der Waals surface area contributed by atoms with Crippen molar-refractivity contribution in [3.05, 3.63) is 53.3 Å². The molecule has 32 heavy (non-hydrogen) atoms. The quantitative estimate of drug-likeness (QED) is 0.623. The highest BCUT2D eigenvalue weighted by Crippen LogP contribution is 2.43. The van der Waals surface area contributed by atoms with Gasteiger partial charge in [0.05, 0.1) is 35.4 Å². The summed E-state index contributed by atoms with van der Waals surface area (Å²) in [5, 5.41) is 12.9. The number of nitriles is 1. The Labute approximate surface area is 190 Å². The summed E-state index contributed by atoms with van der Waals surface area (Å²) in [5.41, 5.74) is 5.31. The molecule has 1 aliphatic carbocycles. The molecule has 2 fully saturated rings. The van der Waals surface area contributed by atoms with E-state index in [1.54, 1.807) is 11.0 Å². The molecule has 3 aromatic rings. The highest BCUT2D eigenvalue weighted by Gasteiger charge is 2.27. The Kier molecular flexibility index (Phi) is 5.60. The third kappa shape index (κ3) is 4.35. The number of hydrogen-bond donors (Lipinski definition) is 1. The number of rotatable bonds is 4. The molecule has 1 saturated heterocycles. The molecule has 0 radical (unpaired) electrons. The molecule has 1 aromatic carbocycles. The number of nitrogens with zero attached hydrogens (tertiary/aromatic N) is 4. The average Bonchev–Trinajstić information content (AvgIpc) is 3.59. The van der Waals surface area contributed by atoms with Crippen LogP contribution in [0.25, 0.3) is 21.7 Å². The van der Waals surface area contributed by atoms with Gasteiger partial charge in [-0.05, 0) is 49.6 Å². The van der Waals surface area contributed by atoms with Crippen molar-refractivity contribution in [3.63, 3.8) is 0 Å². The maximum Gasteiger partial charge on any atom is 0.323 e. The summed E-state index contributed by atoms with van der Waals surface area (Å²) in [4.78, 5) is 24.9. The molecule has 1 saturated carbocycles. The van der Waals surface area contributed by atoms with Crippen LogP contribution in [0.2, 0.25) is 0 Å². The van der Waals surface area contributed by atoms with Crippen LogP contribution in [0.3, 0.4) is 0 Å². The minimum Gasteiger partial charge on any atom is -0.378 e. The Morgan fingerprint density at radius 3 is 2.75 bits per heavy atom. The molecule has 2 aliphatic rings. The Morgan fingerprint density at radius 1 is 1.19 bits per heavy atom. The molecule has 162 valence electrons. The van der Waals surface area contributed by atoms with Crippen LogP contribution in [-0.4, -0.2) is 47.2 Å². The van der Waals surface area contributed by atoms with Gasteiger partial charge in [-0.2, -0.15) is 5.26 Å². The van der Waals surface area contributed by atoms with Crippen LogP contribution in [0.1, 0.15) is 35.7 Å². The van der Waals surface area contributed by atoms with Gasteiger partial charge in [0.2, 0.25) is 0 Å². The first-order valence-electron chi connectivity index (χ1n) is 10.7. The fourth-order valence-corrected chi connectivity index (χ4v) is 4.82. The van der Waals surface area contributed by atoms with E-state index in [9.17, 15) is 10.1 Å². The van der Waals surface area contributed by atoms with Crippen LogP contribution in [0, 0.1) is 18.3 Å². The number of aryl methyl sites for hydroxylation is 1. The lowest BCUT2D eigenvalue weighted by atomic mass is 10.0. The minimum atomic E-state index is -0.171. The van der Waals surface area contributed by atoms with Crippen LogP contribution < -0.4 is 5.32 Å². The van der Waals surface area contributed by atoms with Crippen LogP contribution in [0.5, 0.6) is 0 Å². The molecule has 0 atom stereocenters. The molecule has 8 heteroatoms. The monoisotopic (exact) mass is 445 g/mol. The molecule has 0 unspecified atom stereocenters. The third-order valence-corrected chi connectivity index (χ3v) is 6.66. The Hall–Kier alpha value is -3.28. The van der Waals surface area contributed by atoms with E-state index in [1.807, 2.05) is 25.1 Å². The number of nitrogens with one attached hydrogen (secondary N) is 1. The second-order valence-electron chi connectivity index (χ2n) is 8.12. The summed E-state index contributed by atoms with van der Waals surface area (Å²) in [6, 6.07) is 13.6. The standard InChI is InChI=1S/C24H23N5O2S/c1-15-11-19(13-20(26-15)17-5-6-17)22-21(18-4-2-3-16(12-18)14-25)27-23(32-22)28-24(30)29-7-9-31-10-8-29/h2-4,11-13,17H,5-10H2,1H3,(H,27,28,30). The van der Waals surface area contributed by atoms with Gasteiger partial charge in [-0.25, -0.2) is 9.78 Å². The SMILES string of the molecule is Cc1cc(-c2sc(NC(=O)N3CCOCC3)nc2-c2cccc(C#N)c2)cc(C2CC2)n1. The Balaban J connectivity index is 1.55. The average molecular weight is 446 g/mol. The molecular weight excluding hydrogens is 422 g/mol. The minimum absolute atomic E-state index is 0.171. The number of pyridine rings is 1. The number of amides is 2. The summed E-state index contributed by atoms with van der Waals surface area (Å²) >= 11 is 1.45. The van der Waals surface area contributed by atoms with Crippen molar-refractivity contribution in [3.8, 4) is 27.8 Å². The van der Waals surface area contributed by atoms with E-state index in [1.165, 1.54) is 24.2 Å². The number of anilines is 1. The smallest absolute Gasteiger partial charge is 0.323 e. The fraction of sp³-hybridized carbons (Fsp3) is 0.333. The molecule has 5 rings (SSSR count). The fourth-order valence-electron chi connectivity index (χ4n) is 3.85. The van der Waals surface area contributed by atoms with Crippen LogP contribution in [0.15, 0.2) is 36.4 Å². The van der Waals surface area contributed by atoms with Crippen molar-refractivity contribution in [1.82, 2.24) is 14.9 Å². The molecule has 3 heterocycles.